The monoisotopic (exact) mass is 210 g/mol. The van der Waals surface area contributed by atoms with Gasteiger partial charge in [-0.1, -0.05) is 17.7 Å². The number of hydrogen-bond acceptors (Lipinski definition) is 2. The number of Topliss-reactive ketones (excluding diaryl/α,β-unsaturated/α-hetero) is 1. The first kappa shape index (κ1) is 10.8. The molecule has 0 radical (unpaired) electrons. The summed E-state index contributed by atoms with van der Waals surface area (Å²) in [6.07, 6.45) is 1.90. The molecule has 0 atom stereocenters. The van der Waals surface area contributed by atoms with Crippen LogP contribution in [0.3, 0.4) is 0 Å². The van der Waals surface area contributed by atoms with E-state index in [9.17, 15) is 4.79 Å². The minimum atomic E-state index is 0.00921. The summed E-state index contributed by atoms with van der Waals surface area (Å²) >= 11 is 5.69. The second-order valence-corrected chi connectivity index (χ2v) is 3.21. The zero-order chi connectivity index (χ0) is 10.4. The predicted molar refractivity (Wildman–Crippen MR) is 56.8 cm³/mol. The molecular weight excluding hydrogens is 200 g/mol. The van der Waals surface area contributed by atoms with Gasteiger partial charge in [0.2, 0.25) is 0 Å². The van der Waals surface area contributed by atoms with E-state index in [1.54, 1.807) is 30.3 Å². The van der Waals surface area contributed by atoms with Crippen molar-refractivity contribution in [1.82, 2.24) is 0 Å². The van der Waals surface area contributed by atoms with Crippen LogP contribution in [0, 0.1) is 0 Å². The van der Waals surface area contributed by atoms with E-state index in [2.05, 4.69) is 6.58 Å². The Bertz CT molecular complexity index is 317. The van der Waals surface area contributed by atoms with Gasteiger partial charge in [0.1, 0.15) is 12.4 Å². The minimum absolute atomic E-state index is 0.00921. The summed E-state index contributed by atoms with van der Waals surface area (Å²) in [7, 11) is 0. The molecule has 74 valence electrons. The molecule has 0 bridgehead atoms. The Morgan fingerprint density at radius 2 is 2.07 bits per heavy atom. The van der Waals surface area contributed by atoms with Gasteiger partial charge in [-0.25, -0.2) is 0 Å². The molecule has 1 aromatic carbocycles. The maximum absolute atomic E-state index is 11.1. The Balaban J connectivity index is 2.41. The maximum atomic E-state index is 11.1. The number of carbonyl (C=O) groups excluding carboxylic acids is 1. The first-order valence-electron chi connectivity index (χ1n) is 4.23. The Labute approximate surface area is 88.1 Å². The van der Waals surface area contributed by atoms with Gasteiger partial charge in [0.25, 0.3) is 0 Å². The average Bonchev–Trinajstić information content (AvgIpc) is 2.17. The van der Waals surface area contributed by atoms with Gasteiger partial charge < -0.3 is 4.74 Å². The highest BCUT2D eigenvalue weighted by molar-refractivity contribution is 6.30. The first-order valence-corrected chi connectivity index (χ1v) is 4.61. The van der Waals surface area contributed by atoms with Crippen molar-refractivity contribution < 1.29 is 9.53 Å². The van der Waals surface area contributed by atoms with Gasteiger partial charge in [0.05, 0.1) is 0 Å². The van der Waals surface area contributed by atoms with Crippen LogP contribution in [0.15, 0.2) is 36.9 Å². The first-order chi connectivity index (χ1) is 6.72. The van der Waals surface area contributed by atoms with Crippen LogP contribution < -0.4 is 4.74 Å². The fourth-order valence-corrected chi connectivity index (χ4v) is 1.04. The number of benzene rings is 1. The quantitative estimate of drug-likeness (QED) is 0.699. The molecule has 0 saturated heterocycles. The SMILES string of the molecule is C=CCC(=O)COc1ccc(Cl)cc1. The van der Waals surface area contributed by atoms with Gasteiger partial charge in [-0.15, -0.1) is 6.58 Å². The van der Waals surface area contributed by atoms with Crippen LogP contribution in [-0.2, 0) is 4.79 Å². The van der Waals surface area contributed by atoms with Gasteiger partial charge in [-0.3, -0.25) is 4.79 Å². The highest BCUT2D eigenvalue weighted by Gasteiger charge is 2.00. The fraction of sp³-hybridized carbons (Fsp3) is 0.182. The van der Waals surface area contributed by atoms with E-state index < -0.39 is 0 Å². The summed E-state index contributed by atoms with van der Waals surface area (Å²) in [5.74, 6) is 0.654. The van der Waals surface area contributed by atoms with Crippen molar-refractivity contribution in [1.29, 1.82) is 0 Å². The van der Waals surface area contributed by atoms with Crippen LogP contribution in [0.4, 0.5) is 0 Å². The van der Waals surface area contributed by atoms with Crippen LogP contribution in [0.25, 0.3) is 0 Å². The number of ether oxygens (including phenoxy) is 1. The Morgan fingerprint density at radius 3 is 2.64 bits per heavy atom. The molecule has 0 aromatic heterocycles. The van der Waals surface area contributed by atoms with Crippen molar-refractivity contribution in [3.8, 4) is 5.75 Å². The Morgan fingerprint density at radius 1 is 1.43 bits per heavy atom. The number of ketones is 1. The molecule has 0 saturated carbocycles. The van der Waals surface area contributed by atoms with Crippen molar-refractivity contribution in [2.45, 2.75) is 6.42 Å². The third-order valence-electron chi connectivity index (χ3n) is 1.59. The molecule has 1 rings (SSSR count). The molecule has 0 unspecified atom stereocenters. The zero-order valence-corrected chi connectivity index (χ0v) is 8.46. The minimum Gasteiger partial charge on any atom is -0.486 e. The average molecular weight is 211 g/mol. The second-order valence-electron chi connectivity index (χ2n) is 2.77. The normalized spacial score (nSPS) is 9.50. The Hall–Kier alpha value is -1.28. The summed E-state index contributed by atoms with van der Waals surface area (Å²) in [4.78, 5) is 11.1. The third kappa shape index (κ3) is 3.62. The van der Waals surface area contributed by atoms with E-state index in [0.717, 1.165) is 0 Å². The van der Waals surface area contributed by atoms with Crippen LogP contribution in [-0.4, -0.2) is 12.4 Å². The van der Waals surface area contributed by atoms with Crippen LogP contribution in [0.5, 0.6) is 5.75 Å². The second kappa shape index (κ2) is 5.45. The van der Waals surface area contributed by atoms with Crippen LogP contribution in [0.2, 0.25) is 5.02 Å². The third-order valence-corrected chi connectivity index (χ3v) is 1.84. The summed E-state index contributed by atoms with van der Waals surface area (Å²) in [5, 5.41) is 0.648. The lowest BCUT2D eigenvalue weighted by molar-refractivity contribution is -0.120. The van der Waals surface area contributed by atoms with Crippen molar-refractivity contribution in [2.75, 3.05) is 6.61 Å². The number of halogens is 1. The molecule has 0 aliphatic heterocycles. The molecular formula is C11H11ClO2. The van der Waals surface area contributed by atoms with Gasteiger partial charge in [0.15, 0.2) is 5.78 Å². The molecule has 0 aliphatic rings. The standard InChI is InChI=1S/C11H11ClO2/c1-2-3-10(13)8-14-11-6-4-9(12)5-7-11/h2,4-7H,1,3,8H2. The molecule has 0 spiro atoms. The fourth-order valence-electron chi connectivity index (χ4n) is 0.915. The van der Waals surface area contributed by atoms with E-state index in [-0.39, 0.29) is 12.4 Å². The summed E-state index contributed by atoms with van der Waals surface area (Å²) in [6, 6.07) is 6.89. The lowest BCUT2D eigenvalue weighted by atomic mass is 10.3. The van der Waals surface area contributed by atoms with Gasteiger partial charge in [-0.2, -0.15) is 0 Å². The highest BCUT2D eigenvalue weighted by atomic mass is 35.5. The van der Waals surface area contributed by atoms with Crippen LogP contribution >= 0.6 is 11.6 Å². The zero-order valence-electron chi connectivity index (χ0n) is 7.70. The van der Waals surface area contributed by atoms with E-state index >= 15 is 0 Å². The van der Waals surface area contributed by atoms with Crippen molar-refractivity contribution in [3.05, 3.63) is 41.9 Å². The number of carbonyl (C=O) groups is 1. The van der Waals surface area contributed by atoms with Gasteiger partial charge >= 0.3 is 0 Å². The van der Waals surface area contributed by atoms with E-state index in [1.165, 1.54) is 0 Å². The smallest absolute Gasteiger partial charge is 0.173 e. The summed E-state index contributed by atoms with van der Waals surface area (Å²) < 4.78 is 5.22. The molecule has 3 heteroatoms. The van der Waals surface area contributed by atoms with Gasteiger partial charge in [-0.05, 0) is 24.3 Å². The number of rotatable bonds is 5. The molecule has 0 heterocycles. The largest absolute Gasteiger partial charge is 0.486 e. The molecule has 14 heavy (non-hydrogen) atoms. The predicted octanol–water partition coefficient (Wildman–Crippen LogP) is 2.86. The molecule has 1 aromatic rings. The maximum Gasteiger partial charge on any atom is 0.173 e. The van der Waals surface area contributed by atoms with Crippen LogP contribution in [0.1, 0.15) is 6.42 Å². The van der Waals surface area contributed by atoms with E-state index in [0.29, 0.717) is 17.2 Å². The van der Waals surface area contributed by atoms with Crippen molar-refractivity contribution >= 4 is 17.4 Å². The summed E-state index contributed by atoms with van der Waals surface area (Å²) in [5.41, 5.74) is 0. The van der Waals surface area contributed by atoms with Gasteiger partial charge in [0, 0.05) is 11.4 Å². The topological polar surface area (TPSA) is 26.3 Å². The lowest BCUT2D eigenvalue weighted by Gasteiger charge is -2.03. The Kier molecular flexibility index (Phi) is 4.20. The molecule has 0 amide bonds. The number of allylic oxidation sites excluding steroid dienone is 1. The summed E-state index contributed by atoms with van der Waals surface area (Å²) in [6.45, 7) is 3.55. The number of hydrogen-bond donors (Lipinski definition) is 0. The van der Waals surface area contributed by atoms with Crippen molar-refractivity contribution in [2.24, 2.45) is 0 Å². The lowest BCUT2D eigenvalue weighted by Crippen LogP contribution is -2.09. The molecule has 0 N–H and O–H groups in total. The van der Waals surface area contributed by atoms with E-state index in [4.69, 9.17) is 16.3 Å². The molecule has 0 aliphatic carbocycles. The highest BCUT2D eigenvalue weighted by Crippen LogP contribution is 2.15. The van der Waals surface area contributed by atoms with E-state index in [1.807, 2.05) is 0 Å². The van der Waals surface area contributed by atoms with Crippen molar-refractivity contribution in [3.63, 3.8) is 0 Å². The molecule has 0 fully saturated rings. The molecule has 2 nitrogen and oxygen atoms in total.